The number of aryl methyl sites for hydroxylation is 12. The SMILES string of the molecule is Cc1cc(C)c(-c2c3nc(c(-c4c(C)cc(C)cc4C)c4ccc([se]4)c(-c4c(C)cc(C)cc4C)c4nc(c(-c5c(C)cc(C)cc5C)c5cc6sc7cc2sc7c6s5)C=C4)C=C3)c(C)c1. The van der Waals surface area contributed by atoms with Crippen molar-refractivity contribution in [3.8, 4) is 44.5 Å². The summed E-state index contributed by atoms with van der Waals surface area (Å²) in [6.45, 7) is 27.0. The second-order valence-corrected chi connectivity index (χ2v) is 24.4. The molecule has 2 nitrogen and oxygen atoms in total. The van der Waals surface area contributed by atoms with Gasteiger partial charge in [0.1, 0.15) is 0 Å². The normalized spacial score (nSPS) is 12.4. The summed E-state index contributed by atoms with van der Waals surface area (Å²) in [4.78, 5) is 11.5. The molecule has 2 aliphatic rings. The van der Waals surface area contributed by atoms with Crippen LogP contribution < -0.4 is 0 Å². The van der Waals surface area contributed by atoms with Gasteiger partial charge in [-0.3, -0.25) is 0 Å². The minimum atomic E-state index is -0.0557. The molecule has 66 heavy (non-hydrogen) atoms. The van der Waals surface area contributed by atoms with E-state index in [1.807, 2.05) is 34.0 Å². The van der Waals surface area contributed by atoms with E-state index >= 15 is 0 Å². The first-order valence-electron chi connectivity index (χ1n) is 22.8. The molecule has 6 heteroatoms. The molecule has 0 amide bonds. The number of rotatable bonds is 4. The van der Waals surface area contributed by atoms with Crippen molar-refractivity contribution in [1.82, 2.24) is 9.97 Å². The molecule has 326 valence electrons. The summed E-state index contributed by atoms with van der Waals surface area (Å²) in [7, 11) is 0. The zero-order valence-corrected chi connectivity index (χ0v) is 43.9. The molecule has 0 spiro atoms. The van der Waals surface area contributed by atoms with Crippen LogP contribution in [0.15, 0.2) is 72.8 Å². The van der Waals surface area contributed by atoms with Crippen LogP contribution in [0.25, 0.3) is 106 Å². The molecule has 5 aromatic heterocycles. The van der Waals surface area contributed by atoms with E-state index in [0.717, 1.165) is 22.8 Å². The van der Waals surface area contributed by atoms with Crippen molar-refractivity contribution < 1.29 is 0 Å². The Labute approximate surface area is 406 Å². The number of hydrogen-bond acceptors (Lipinski definition) is 5. The van der Waals surface area contributed by atoms with Crippen molar-refractivity contribution in [2.75, 3.05) is 0 Å². The third-order valence-corrected chi connectivity index (χ3v) is 19.6. The van der Waals surface area contributed by atoms with Crippen LogP contribution in [0.4, 0.5) is 0 Å². The van der Waals surface area contributed by atoms with E-state index in [9.17, 15) is 0 Å². The molecule has 2 aliphatic heterocycles. The maximum absolute atomic E-state index is 5.77. The van der Waals surface area contributed by atoms with E-state index in [-0.39, 0.29) is 14.5 Å². The van der Waals surface area contributed by atoms with Crippen molar-refractivity contribution in [2.45, 2.75) is 83.1 Å². The molecule has 0 aliphatic carbocycles. The Balaban J connectivity index is 1.38. The van der Waals surface area contributed by atoms with Crippen LogP contribution in [-0.4, -0.2) is 24.5 Å². The van der Waals surface area contributed by atoms with E-state index in [4.69, 9.17) is 9.97 Å². The fraction of sp³-hybridized carbons (Fsp3) is 0.200. The Morgan fingerprint density at radius 1 is 0.303 bits per heavy atom. The van der Waals surface area contributed by atoms with Crippen LogP contribution in [0.3, 0.4) is 0 Å². The molecule has 7 heterocycles. The van der Waals surface area contributed by atoms with Gasteiger partial charge in [0.05, 0.1) is 0 Å². The number of fused-ring (bicyclic) bond motifs is 8. The van der Waals surface area contributed by atoms with Crippen molar-refractivity contribution in [3.63, 3.8) is 0 Å². The van der Waals surface area contributed by atoms with Gasteiger partial charge in [-0.05, 0) is 0 Å². The summed E-state index contributed by atoms with van der Waals surface area (Å²) < 4.78 is 10.6. The minimum absolute atomic E-state index is 0.0557. The number of aromatic nitrogens is 2. The van der Waals surface area contributed by atoms with E-state index in [0.29, 0.717) is 0 Å². The van der Waals surface area contributed by atoms with Crippen molar-refractivity contribution in [2.24, 2.45) is 0 Å². The molecular formula is C60H52N2S3Se. The Kier molecular flexibility index (Phi) is 10.5. The fourth-order valence-electron chi connectivity index (χ4n) is 11.3. The molecule has 10 bridgehead atoms. The molecule has 4 aromatic carbocycles. The summed E-state index contributed by atoms with van der Waals surface area (Å²) in [5, 5.41) is 0. The summed E-state index contributed by atoms with van der Waals surface area (Å²) in [6, 6.07) is 28.4. The maximum atomic E-state index is 5.77. The van der Waals surface area contributed by atoms with Gasteiger partial charge in [0, 0.05) is 0 Å². The van der Waals surface area contributed by atoms with E-state index in [1.54, 1.807) is 0 Å². The van der Waals surface area contributed by atoms with Crippen LogP contribution in [0.5, 0.6) is 0 Å². The van der Waals surface area contributed by atoms with Crippen molar-refractivity contribution in [3.05, 3.63) is 162 Å². The van der Waals surface area contributed by atoms with E-state index in [2.05, 4.69) is 180 Å². The van der Waals surface area contributed by atoms with Gasteiger partial charge >= 0.3 is 409 Å². The molecule has 0 saturated carbocycles. The van der Waals surface area contributed by atoms with Crippen LogP contribution in [0, 0.1) is 83.1 Å². The second-order valence-electron chi connectivity index (χ2n) is 18.9. The van der Waals surface area contributed by atoms with Crippen LogP contribution in [0.2, 0.25) is 0 Å². The standard InChI is InChI=1S/C60H52N2S3Se/c1-29-19-33(5)51(34(6)20-29)55-41-13-15-43(61-41)57(53-37(9)23-31(3)24-38(53)10)49-17-18-50(66-49)58(54-39(11)25-32(4)26-40(54)12)44-16-14-42(62-44)56(52-35(7)21-30(2)22-36(52)8)46-28-48-60(65-46)59-47(63-48)27-45(55)64-59/h13-28H,1-12H3. The van der Waals surface area contributed by atoms with Gasteiger partial charge in [0.2, 0.25) is 0 Å². The Bertz CT molecular complexity index is 3500. The predicted molar refractivity (Wildman–Crippen MR) is 294 cm³/mol. The van der Waals surface area contributed by atoms with Gasteiger partial charge < -0.3 is 0 Å². The van der Waals surface area contributed by atoms with E-state index < -0.39 is 0 Å². The summed E-state index contributed by atoms with van der Waals surface area (Å²) >= 11 is 5.72. The quantitative estimate of drug-likeness (QED) is 0.164. The summed E-state index contributed by atoms with van der Waals surface area (Å²) in [5.41, 5.74) is 29.6. The average molecular weight is 976 g/mol. The average Bonchev–Trinajstić information content (AvgIpc) is 4.09. The van der Waals surface area contributed by atoms with Crippen LogP contribution in [-0.2, 0) is 0 Å². The number of nitrogens with zero attached hydrogens (tertiary/aromatic N) is 2. The summed E-state index contributed by atoms with van der Waals surface area (Å²) in [6.07, 6.45) is 9.18. The van der Waals surface area contributed by atoms with Gasteiger partial charge in [0.25, 0.3) is 0 Å². The summed E-state index contributed by atoms with van der Waals surface area (Å²) in [5.74, 6) is 0. The van der Waals surface area contributed by atoms with Crippen LogP contribution in [0.1, 0.15) is 89.5 Å². The van der Waals surface area contributed by atoms with Gasteiger partial charge in [-0.15, -0.1) is 0 Å². The number of thiophene rings is 3. The molecule has 0 saturated heterocycles. The van der Waals surface area contributed by atoms with Gasteiger partial charge in [-0.2, -0.15) is 0 Å². The Morgan fingerprint density at radius 3 is 0.879 bits per heavy atom. The predicted octanol–water partition coefficient (Wildman–Crippen LogP) is 17.9. The zero-order valence-electron chi connectivity index (χ0n) is 39.8. The van der Waals surface area contributed by atoms with E-state index in [1.165, 1.54) is 148 Å². The monoisotopic (exact) mass is 976 g/mol. The third-order valence-electron chi connectivity index (χ3n) is 13.4. The van der Waals surface area contributed by atoms with Gasteiger partial charge in [-0.25, -0.2) is 0 Å². The molecule has 0 atom stereocenters. The zero-order chi connectivity index (χ0) is 46.0. The Morgan fingerprint density at radius 2 is 0.576 bits per heavy atom. The molecular weight excluding hydrogens is 924 g/mol. The fourth-order valence-corrected chi connectivity index (χ4v) is 17.8. The molecule has 0 N–H and O–H groups in total. The Hall–Kier alpha value is -5.46. The molecule has 11 rings (SSSR count). The van der Waals surface area contributed by atoms with Crippen molar-refractivity contribution >= 4 is 110 Å². The third kappa shape index (κ3) is 7.07. The topological polar surface area (TPSA) is 25.8 Å². The van der Waals surface area contributed by atoms with Gasteiger partial charge in [0.15, 0.2) is 0 Å². The molecule has 0 radical (unpaired) electrons. The molecule has 9 aromatic rings. The number of benzene rings is 4. The molecule has 0 unspecified atom stereocenters. The van der Waals surface area contributed by atoms with Crippen molar-refractivity contribution in [1.29, 1.82) is 0 Å². The first-order chi connectivity index (χ1) is 31.6. The first-order valence-corrected chi connectivity index (χ1v) is 26.9. The van der Waals surface area contributed by atoms with Crippen LogP contribution >= 0.6 is 34.0 Å². The number of hydrogen-bond donors (Lipinski definition) is 0. The molecule has 0 fully saturated rings. The first kappa shape index (κ1) is 43.1. The van der Waals surface area contributed by atoms with Gasteiger partial charge in [-0.1, -0.05) is 0 Å². The second kappa shape index (κ2) is 16.1.